The van der Waals surface area contributed by atoms with Crippen LogP contribution in [0.25, 0.3) is 0 Å². The Balaban J connectivity index is 1.65. The van der Waals surface area contributed by atoms with Gasteiger partial charge in [0.1, 0.15) is 6.04 Å². The molecular formula is C24H29N3O6S. The highest BCUT2D eigenvalue weighted by Gasteiger charge is 2.39. The van der Waals surface area contributed by atoms with Gasteiger partial charge >= 0.3 is 5.97 Å². The first kappa shape index (κ1) is 25.4. The lowest BCUT2D eigenvalue weighted by atomic mass is 10.1. The van der Waals surface area contributed by atoms with Crippen molar-refractivity contribution < 1.29 is 27.5 Å². The molecule has 1 fully saturated rings. The van der Waals surface area contributed by atoms with Crippen LogP contribution in [0, 0.1) is 6.92 Å². The van der Waals surface area contributed by atoms with Crippen molar-refractivity contribution in [2.75, 3.05) is 17.2 Å². The Morgan fingerprint density at radius 1 is 0.971 bits per heavy atom. The van der Waals surface area contributed by atoms with E-state index in [0.717, 1.165) is 5.56 Å². The average molecular weight is 488 g/mol. The Bertz CT molecular complexity index is 1150. The van der Waals surface area contributed by atoms with Gasteiger partial charge in [0, 0.05) is 24.8 Å². The van der Waals surface area contributed by atoms with Crippen molar-refractivity contribution in [3.63, 3.8) is 0 Å². The summed E-state index contributed by atoms with van der Waals surface area (Å²) in [6.45, 7) is 4.89. The highest BCUT2D eigenvalue weighted by atomic mass is 32.2. The Kier molecular flexibility index (Phi) is 8.06. The number of aryl methyl sites for hydroxylation is 1. The zero-order valence-corrected chi connectivity index (χ0v) is 20.2. The van der Waals surface area contributed by atoms with Crippen LogP contribution in [0.15, 0.2) is 53.4 Å². The minimum absolute atomic E-state index is 0.117. The van der Waals surface area contributed by atoms with E-state index in [1.807, 2.05) is 6.92 Å². The molecule has 1 heterocycles. The first-order chi connectivity index (χ1) is 16.1. The van der Waals surface area contributed by atoms with E-state index in [0.29, 0.717) is 30.6 Å². The predicted octanol–water partition coefficient (Wildman–Crippen LogP) is 3.07. The number of esters is 1. The SMILES string of the molecule is CC(=O)Nc1ccc(NC(=O)[C@H](C)OC(=O)[C@@H]2CCCCN2S(=O)(=O)c2ccc(C)cc2)cc1. The van der Waals surface area contributed by atoms with E-state index in [2.05, 4.69) is 10.6 Å². The molecule has 0 saturated carbocycles. The standard InChI is InChI=1S/C24H29N3O6S/c1-16-7-13-21(14-8-16)34(31,32)27-15-5-4-6-22(27)24(30)33-17(2)23(29)26-20-11-9-19(10-12-20)25-18(3)28/h7-14,17,22H,4-6,15H2,1-3H3,(H,25,28)(H,26,29)/t17-,22-/m0/s1. The van der Waals surface area contributed by atoms with Crippen LogP contribution in [0.5, 0.6) is 0 Å². The number of anilines is 2. The van der Waals surface area contributed by atoms with Gasteiger partial charge in [-0.3, -0.25) is 14.4 Å². The van der Waals surface area contributed by atoms with Crippen LogP contribution in [0.2, 0.25) is 0 Å². The van der Waals surface area contributed by atoms with E-state index in [4.69, 9.17) is 4.74 Å². The van der Waals surface area contributed by atoms with Gasteiger partial charge in [0.15, 0.2) is 6.10 Å². The molecule has 34 heavy (non-hydrogen) atoms. The molecule has 0 aromatic heterocycles. The molecule has 2 atom stereocenters. The zero-order chi connectivity index (χ0) is 24.9. The van der Waals surface area contributed by atoms with Crippen molar-refractivity contribution in [3.8, 4) is 0 Å². The van der Waals surface area contributed by atoms with E-state index < -0.39 is 34.0 Å². The minimum Gasteiger partial charge on any atom is -0.451 e. The third kappa shape index (κ3) is 6.21. The number of carbonyl (C=O) groups excluding carboxylic acids is 3. The van der Waals surface area contributed by atoms with Crippen molar-refractivity contribution in [2.45, 2.75) is 57.1 Å². The Morgan fingerprint density at radius 2 is 1.56 bits per heavy atom. The quantitative estimate of drug-likeness (QED) is 0.579. The van der Waals surface area contributed by atoms with E-state index in [-0.39, 0.29) is 17.3 Å². The van der Waals surface area contributed by atoms with Crippen LogP contribution in [-0.2, 0) is 29.1 Å². The number of ether oxygens (including phenoxy) is 1. The third-order valence-corrected chi connectivity index (χ3v) is 7.41. The van der Waals surface area contributed by atoms with Gasteiger partial charge in [0.25, 0.3) is 5.91 Å². The zero-order valence-electron chi connectivity index (χ0n) is 19.4. The van der Waals surface area contributed by atoms with Gasteiger partial charge in [0.05, 0.1) is 4.90 Å². The molecule has 9 nitrogen and oxygen atoms in total. The number of piperidine rings is 1. The van der Waals surface area contributed by atoms with Gasteiger partial charge in [-0.1, -0.05) is 17.7 Å². The number of carbonyl (C=O) groups is 3. The van der Waals surface area contributed by atoms with Gasteiger partial charge < -0.3 is 15.4 Å². The maximum absolute atomic E-state index is 13.2. The molecule has 2 N–H and O–H groups in total. The van der Waals surface area contributed by atoms with Gasteiger partial charge in [-0.15, -0.1) is 0 Å². The first-order valence-electron chi connectivity index (χ1n) is 11.1. The fraction of sp³-hybridized carbons (Fsp3) is 0.375. The summed E-state index contributed by atoms with van der Waals surface area (Å²) < 4.78 is 32.9. The summed E-state index contributed by atoms with van der Waals surface area (Å²) in [4.78, 5) is 36.7. The number of nitrogens with one attached hydrogen (secondary N) is 2. The van der Waals surface area contributed by atoms with Crippen molar-refractivity contribution in [1.82, 2.24) is 4.31 Å². The van der Waals surface area contributed by atoms with Crippen LogP contribution in [0.1, 0.15) is 38.7 Å². The summed E-state index contributed by atoms with van der Waals surface area (Å²) in [5.41, 5.74) is 1.97. The molecular weight excluding hydrogens is 458 g/mol. The number of nitrogens with zero attached hydrogens (tertiary/aromatic N) is 1. The van der Waals surface area contributed by atoms with Crippen molar-refractivity contribution in [3.05, 3.63) is 54.1 Å². The number of sulfonamides is 1. The van der Waals surface area contributed by atoms with Crippen molar-refractivity contribution in [2.24, 2.45) is 0 Å². The molecule has 0 bridgehead atoms. The number of hydrogen-bond donors (Lipinski definition) is 2. The normalized spacial score (nSPS) is 17.4. The lowest BCUT2D eigenvalue weighted by Crippen LogP contribution is -2.49. The summed E-state index contributed by atoms with van der Waals surface area (Å²) >= 11 is 0. The number of rotatable bonds is 7. The van der Waals surface area contributed by atoms with Crippen LogP contribution in [-0.4, -0.2) is 49.2 Å². The van der Waals surface area contributed by atoms with Gasteiger partial charge in [-0.2, -0.15) is 4.31 Å². The molecule has 0 radical (unpaired) electrons. The summed E-state index contributed by atoms with van der Waals surface area (Å²) in [7, 11) is -3.89. The average Bonchev–Trinajstić information content (AvgIpc) is 2.80. The second-order valence-corrected chi connectivity index (χ2v) is 10.2. The molecule has 2 aromatic carbocycles. The lowest BCUT2D eigenvalue weighted by Gasteiger charge is -2.33. The summed E-state index contributed by atoms with van der Waals surface area (Å²) in [5, 5.41) is 5.27. The van der Waals surface area contributed by atoms with Gasteiger partial charge in [-0.25, -0.2) is 8.42 Å². The predicted molar refractivity (Wildman–Crippen MR) is 128 cm³/mol. The minimum atomic E-state index is -3.89. The Labute approximate surface area is 199 Å². The highest BCUT2D eigenvalue weighted by molar-refractivity contribution is 7.89. The summed E-state index contributed by atoms with van der Waals surface area (Å²) in [6.07, 6.45) is 0.511. The Hall–Kier alpha value is -3.24. The Morgan fingerprint density at radius 3 is 2.15 bits per heavy atom. The van der Waals surface area contributed by atoms with E-state index >= 15 is 0 Å². The largest absolute Gasteiger partial charge is 0.451 e. The highest BCUT2D eigenvalue weighted by Crippen LogP contribution is 2.27. The molecule has 2 amide bonds. The fourth-order valence-corrected chi connectivity index (χ4v) is 5.31. The summed E-state index contributed by atoms with van der Waals surface area (Å²) in [6, 6.07) is 11.9. The van der Waals surface area contributed by atoms with Crippen LogP contribution < -0.4 is 10.6 Å². The maximum atomic E-state index is 13.2. The van der Waals surface area contributed by atoms with E-state index in [9.17, 15) is 22.8 Å². The van der Waals surface area contributed by atoms with Gasteiger partial charge in [-0.05, 0) is 69.5 Å². The first-order valence-corrected chi connectivity index (χ1v) is 12.5. The lowest BCUT2D eigenvalue weighted by molar-refractivity contribution is -0.157. The van der Waals surface area contributed by atoms with Crippen molar-refractivity contribution >= 4 is 39.2 Å². The smallest absolute Gasteiger partial charge is 0.325 e. The molecule has 1 aliphatic rings. The van der Waals surface area contributed by atoms with Crippen LogP contribution in [0.3, 0.4) is 0 Å². The molecule has 2 aromatic rings. The van der Waals surface area contributed by atoms with E-state index in [1.165, 1.54) is 30.3 Å². The monoisotopic (exact) mass is 487 g/mol. The van der Waals surface area contributed by atoms with Crippen LogP contribution in [0.4, 0.5) is 11.4 Å². The van der Waals surface area contributed by atoms with Crippen molar-refractivity contribution in [1.29, 1.82) is 0 Å². The maximum Gasteiger partial charge on any atom is 0.325 e. The number of amides is 2. The number of hydrogen-bond acceptors (Lipinski definition) is 6. The topological polar surface area (TPSA) is 122 Å². The second kappa shape index (κ2) is 10.8. The molecule has 0 unspecified atom stereocenters. The third-order valence-electron chi connectivity index (χ3n) is 5.49. The van der Waals surface area contributed by atoms with Crippen LogP contribution >= 0.6 is 0 Å². The molecule has 182 valence electrons. The van der Waals surface area contributed by atoms with Gasteiger partial charge in [0.2, 0.25) is 15.9 Å². The fourth-order valence-electron chi connectivity index (χ4n) is 3.66. The number of benzene rings is 2. The molecule has 1 aliphatic heterocycles. The molecule has 10 heteroatoms. The summed E-state index contributed by atoms with van der Waals surface area (Å²) in [5.74, 6) is -1.51. The van der Waals surface area contributed by atoms with E-state index in [1.54, 1.807) is 36.4 Å². The second-order valence-electron chi connectivity index (χ2n) is 8.27. The molecule has 1 saturated heterocycles. The molecule has 0 spiro atoms. The molecule has 3 rings (SSSR count). The molecule has 0 aliphatic carbocycles.